The van der Waals surface area contributed by atoms with E-state index in [2.05, 4.69) is 5.32 Å². The van der Waals surface area contributed by atoms with Gasteiger partial charge in [-0.25, -0.2) is 0 Å². The second kappa shape index (κ2) is 10.4. The van der Waals surface area contributed by atoms with Crippen molar-refractivity contribution in [2.24, 2.45) is 0 Å². The number of ether oxygens (including phenoxy) is 3. The molecule has 8 nitrogen and oxygen atoms in total. The average molecular weight is 453 g/mol. The Morgan fingerprint density at radius 2 is 1.79 bits per heavy atom. The van der Waals surface area contributed by atoms with Gasteiger partial charge in [-0.05, 0) is 55.3 Å². The minimum absolute atomic E-state index is 0.105. The molecule has 2 aromatic carbocycles. The van der Waals surface area contributed by atoms with Gasteiger partial charge in [-0.2, -0.15) is 0 Å². The van der Waals surface area contributed by atoms with Gasteiger partial charge >= 0.3 is 0 Å². The second-order valence-corrected chi connectivity index (χ2v) is 8.24. The van der Waals surface area contributed by atoms with E-state index >= 15 is 0 Å². The second-order valence-electron chi connectivity index (χ2n) is 8.24. The minimum Gasteiger partial charge on any atom is -0.497 e. The Morgan fingerprint density at radius 3 is 2.52 bits per heavy atom. The van der Waals surface area contributed by atoms with Crippen LogP contribution in [0, 0.1) is 0 Å². The molecule has 174 valence electrons. The fraction of sp³-hybridized carbons (Fsp3) is 0.400. The van der Waals surface area contributed by atoms with Crippen molar-refractivity contribution in [2.45, 2.75) is 38.1 Å². The van der Waals surface area contributed by atoms with Crippen LogP contribution in [0.4, 0.5) is 5.69 Å². The maximum atomic E-state index is 12.7. The van der Waals surface area contributed by atoms with E-state index in [0.29, 0.717) is 28.5 Å². The molecule has 1 aliphatic carbocycles. The lowest BCUT2D eigenvalue weighted by Gasteiger charge is -2.30. The predicted octanol–water partition coefficient (Wildman–Crippen LogP) is 3.13. The van der Waals surface area contributed by atoms with Crippen LogP contribution in [0.25, 0.3) is 0 Å². The molecule has 1 heterocycles. The zero-order valence-corrected chi connectivity index (χ0v) is 18.7. The molecule has 0 radical (unpaired) electrons. The number of fused-ring (bicyclic) bond motifs is 1. The fourth-order valence-electron chi connectivity index (χ4n) is 4.12. The highest BCUT2D eigenvalue weighted by atomic mass is 16.5. The van der Waals surface area contributed by atoms with Crippen LogP contribution in [0.3, 0.4) is 0 Å². The number of Topliss-reactive ketones (excluding diaryl/α,β-unsaturated/α-hetero) is 1. The molecule has 0 atom stereocenters. The van der Waals surface area contributed by atoms with Crippen LogP contribution in [0.15, 0.2) is 42.5 Å². The highest BCUT2D eigenvalue weighted by Gasteiger charge is 2.29. The highest BCUT2D eigenvalue weighted by Crippen LogP contribution is 2.33. The maximum absolute atomic E-state index is 12.7. The van der Waals surface area contributed by atoms with Gasteiger partial charge in [0.25, 0.3) is 5.91 Å². The average Bonchev–Trinajstić information content (AvgIpc) is 2.85. The number of nitrogens with zero attached hydrogens (tertiary/aromatic N) is 1. The number of hydrogen-bond donors (Lipinski definition) is 1. The first-order valence-electron chi connectivity index (χ1n) is 11.2. The summed E-state index contributed by atoms with van der Waals surface area (Å²) >= 11 is 0. The lowest BCUT2D eigenvalue weighted by Crippen LogP contribution is -2.47. The van der Waals surface area contributed by atoms with Crippen LogP contribution >= 0.6 is 0 Å². The van der Waals surface area contributed by atoms with E-state index in [1.54, 1.807) is 49.6 Å². The summed E-state index contributed by atoms with van der Waals surface area (Å²) in [6, 6.07) is 12.0. The van der Waals surface area contributed by atoms with E-state index < -0.39 is 0 Å². The van der Waals surface area contributed by atoms with Crippen molar-refractivity contribution < 1.29 is 28.6 Å². The number of amides is 2. The maximum Gasteiger partial charge on any atom is 0.265 e. The summed E-state index contributed by atoms with van der Waals surface area (Å²) in [6.45, 7) is -0.411. The Kier molecular flexibility index (Phi) is 7.12. The summed E-state index contributed by atoms with van der Waals surface area (Å²) in [7, 11) is 1.58. The van der Waals surface area contributed by atoms with Crippen molar-refractivity contribution in [3.63, 3.8) is 0 Å². The summed E-state index contributed by atoms with van der Waals surface area (Å²) in [4.78, 5) is 39.3. The zero-order valence-electron chi connectivity index (χ0n) is 18.7. The number of carbonyl (C=O) groups is 3. The molecule has 33 heavy (non-hydrogen) atoms. The summed E-state index contributed by atoms with van der Waals surface area (Å²) in [6.07, 6.45) is 5.34. The quantitative estimate of drug-likeness (QED) is 0.619. The highest BCUT2D eigenvalue weighted by molar-refractivity contribution is 6.04. The number of anilines is 1. The number of benzene rings is 2. The summed E-state index contributed by atoms with van der Waals surface area (Å²) in [5.74, 6) is 0.927. The third kappa shape index (κ3) is 5.63. The molecule has 2 aliphatic rings. The molecule has 0 bridgehead atoms. The van der Waals surface area contributed by atoms with Gasteiger partial charge in [-0.3, -0.25) is 19.3 Å². The summed E-state index contributed by atoms with van der Waals surface area (Å²) in [5, 5.41) is 3.03. The Balaban J connectivity index is 1.43. The lowest BCUT2D eigenvalue weighted by atomic mass is 9.95. The Labute approximate surface area is 192 Å². The number of hydrogen-bond acceptors (Lipinski definition) is 6. The standard InChI is InChI=1S/C25H28N2O6/c1-31-19-8-10-20(11-9-19)32-15-22(28)17-7-12-23-21(13-17)27(25(30)16-33-23)14-24(29)26-18-5-3-2-4-6-18/h7-13,18H,2-6,14-16H2,1H3,(H,26,29). The van der Waals surface area contributed by atoms with Gasteiger partial charge in [0.2, 0.25) is 5.91 Å². The van der Waals surface area contributed by atoms with E-state index in [1.807, 2.05) is 0 Å². The molecular formula is C25H28N2O6. The molecule has 1 saturated carbocycles. The lowest BCUT2D eigenvalue weighted by molar-refractivity contribution is -0.125. The molecule has 4 rings (SSSR count). The van der Waals surface area contributed by atoms with Crippen LogP contribution in [-0.2, 0) is 9.59 Å². The van der Waals surface area contributed by atoms with E-state index in [4.69, 9.17) is 14.2 Å². The first-order valence-corrected chi connectivity index (χ1v) is 11.2. The molecule has 8 heteroatoms. The van der Waals surface area contributed by atoms with Crippen molar-refractivity contribution in [2.75, 3.05) is 31.8 Å². The number of rotatable bonds is 8. The van der Waals surface area contributed by atoms with Crippen LogP contribution in [0.2, 0.25) is 0 Å². The van der Waals surface area contributed by atoms with Gasteiger partial charge in [0.05, 0.1) is 12.8 Å². The molecular weight excluding hydrogens is 424 g/mol. The predicted molar refractivity (Wildman–Crippen MR) is 122 cm³/mol. The Bertz CT molecular complexity index is 1010. The molecule has 0 spiro atoms. The number of carbonyl (C=O) groups excluding carboxylic acids is 3. The number of nitrogens with one attached hydrogen (secondary N) is 1. The largest absolute Gasteiger partial charge is 0.497 e. The van der Waals surface area contributed by atoms with Crippen LogP contribution in [-0.4, -0.2) is 50.5 Å². The van der Waals surface area contributed by atoms with Gasteiger partial charge in [0.1, 0.15) is 23.8 Å². The molecule has 1 N–H and O–H groups in total. The molecule has 0 aromatic heterocycles. The number of ketones is 1. The normalized spacial score (nSPS) is 15.9. The third-order valence-corrected chi connectivity index (χ3v) is 5.93. The van der Waals surface area contributed by atoms with Gasteiger partial charge < -0.3 is 19.5 Å². The minimum atomic E-state index is -0.319. The van der Waals surface area contributed by atoms with Gasteiger partial charge in [-0.1, -0.05) is 19.3 Å². The van der Waals surface area contributed by atoms with E-state index in [-0.39, 0.29) is 43.4 Å². The van der Waals surface area contributed by atoms with Crippen molar-refractivity contribution in [1.29, 1.82) is 0 Å². The van der Waals surface area contributed by atoms with Crippen LogP contribution in [0.5, 0.6) is 17.2 Å². The fourth-order valence-corrected chi connectivity index (χ4v) is 4.12. The van der Waals surface area contributed by atoms with Crippen LogP contribution < -0.4 is 24.4 Å². The summed E-state index contributed by atoms with van der Waals surface area (Å²) in [5.41, 5.74) is 0.790. The van der Waals surface area contributed by atoms with Crippen molar-refractivity contribution in [1.82, 2.24) is 5.32 Å². The molecule has 0 unspecified atom stereocenters. The Hall–Kier alpha value is -3.55. The first-order chi connectivity index (χ1) is 16.0. The smallest absolute Gasteiger partial charge is 0.265 e. The first kappa shape index (κ1) is 22.6. The van der Waals surface area contributed by atoms with Gasteiger partial charge in [-0.15, -0.1) is 0 Å². The Morgan fingerprint density at radius 1 is 1.06 bits per heavy atom. The molecule has 2 aromatic rings. The van der Waals surface area contributed by atoms with E-state index in [0.717, 1.165) is 25.7 Å². The van der Waals surface area contributed by atoms with Crippen LogP contribution in [0.1, 0.15) is 42.5 Å². The van der Waals surface area contributed by atoms with E-state index in [9.17, 15) is 14.4 Å². The zero-order chi connectivity index (χ0) is 23.2. The molecule has 1 fully saturated rings. The number of methoxy groups -OCH3 is 1. The van der Waals surface area contributed by atoms with Crippen molar-refractivity contribution >= 4 is 23.3 Å². The van der Waals surface area contributed by atoms with Crippen molar-refractivity contribution in [3.05, 3.63) is 48.0 Å². The van der Waals surface area contributed by atoms with Crippen molar-refractivity contribution in [3.8, 4) is 17.2 Å². The SMILES string of the molecule is COc1ccc(OCC(=O)c2ccc3c(c2)N(CC(=O)NC2CCCCC2)C(=O)CO3)cc1. The molecule has 0 saturated heterocycles. The third-order valence-electron chi connectivity index (χ3n) is 5.93. The monoisotopic (exact) mass is 452 g/mol. The molecule has 1 aliphatic heterocycles. The van der Waals surface area contributed by atoms with Gasteiger partial charge in [0.15, 0.2) is 19.0 Å². The topological polar surface area (TPSA) is 94.2 Å². The van der Waals surface area contributed by atoms with E-state index in [1.165, 1.54) is 11.3 Å². The summed E-state index contributed by atoms with van der Waals surface area (Å²) < 4.78 is 16.2. The van der Waals surface area contributed by atoms with Gasteiger partial charge in [0, 0.05) is 11.6 Å². The molecule has 2 amide bonds.